The molecule has 0 radical (unpaired) electrons. The average Bonchev–Trinajstić information content (AvgIpc) is 3.11. The smallest absolute Gasteiger partial charge is 0.110 e. The van der Waals surface area contributed by atoms with Crippen LogP contribution in [0, 0.1) is 5.92 Å². The fraction of sp³-hybridized carbons (Fsp3) is 0.812. The van der Waals surface area contributed by atoms with Crippen molar-refractivity contribution >= 4 is 11.3 Å². The second-order valence-electron chi connectivity index (χ2n) is 7.03. The van der Waals surface area contributed by atoms with E-state index in [9.17, 15) is 5.11 Å². The van der Waals surface area contributed by atoms with E-state index in [1.807, 2.05) is 0 Å². The van der Waals surface area contributed by atoms with Gasteiger partial charge in [-0.1, -0.05) is 0 Å². The van der Waals surface area contributed by atoms with E-state index < -0.39 is 5.60 Å². The summed E-state index contributed by atoms with van der Waals surface area (Å²) in [5.74, 6) is 0.943. The molecule has 0 aromatic carbocycles. The molecule has 3 heterocycles. The second kappa shape index (κ2) is 5.61. The van der Waals surface area contributed by atoms with Crippen LogP contribution in [-0.4, -0.2) is 52.6 Å². The minimum absolute atomic E-state index is 0.677. The van der Waals surface area contributed by atoms with Crippen LogP contribution >= 0.6 is 11.3 Å². The summed E-state index contributed by atoms with van der Waals surface area (Å²) >= 11 is 1.71. The fourth-order valence-corrected chi connectivity index (χ4v) is 4.28. The molecule has 21 heavy (non-hydrogen) atoms. The highest BCUT2D eigenvalue weighted by atomic mass is 32.1. The Labute approximate surface area is 130 Å². The van der Waals surface area contributed by atoms with Crippen LogP contribution in [0.5, 0.6) is 0 Å². The van der Waals surface area contributed by atoms with Crippen LogP contribution in [0.15, 0.2) is 5.38 Å². The Bertz CT molecular complexity index is 487. The van der Waals surface area contributed by atoms with Crippen LogP contribution in [0.1, 0.15) is 42.8 Å². The molecule has 4 rings (SSSR count). The highest BCUT2D eigenvalue weighted by Gasteiger charge is 2.37. The molecule has 2 aliphatic heterocycles. The summed E-state index contributed by atoms with van der Waals surface area (Å²) in [7, 11) is 0. The average molecular weight is 307 g/mol. The summed E-state index contributed by atoms with van der Waals surface area (Å²) in [6, 6.07) is 0. The first kappa shape index (κ1) is 14.1. The van der Waals surface area contributed by atoms with E-state index in [4.69, 9.17) is 4.98 Å². The predicted octanol–water partition coefficient (Wildman–Crippen LogP) is 2.04. The lowest BCUT2D eigenvalue weighted by molar-refractivity contribution is -0.0298. The summed E-state index contributed by atoms with van der Waals surface area (Å²) in [4.78, 5) is 9.68. The maximum absolute atomic E-state index is 10.9. The van der Waals surface area contributed by atoms with Crippen LogP contribution in [0.4, 0.5) is 0 Å². The van der Waals surface area contributed by atoms with Gasteiger partial charge < -0.3 is 10.0 Å². The molecular formula is C16H25N3OS. The van der Waals surface area contributed by atoms with Gasteiger partial charge in [0.25, 0.3) is 0 Å². The Kier molecular flexibility index (Phi) is 3.78. The first-order valence-corrected chi connectivity index (χ1v) is 9.21. The summed E-state index contributed by atoms with van der Waals surface area (Å²) in [5.41, 5.74) is 0.248. The van der Waals surface area contributed by atoms with E-state index in [0.717, 1.165) is 44.1 Å². The van der Waals surface area contributed by atoms with Gasteiger partial charge in [-0.3, -0.25) is 4.90 Å². The number of likely N-dealkylation sites (tertiary alicyclic amines) is 2. The maximum Gasteiger partial charge on any atom is 0.110 e. The quantitative estimate of drug-likeness (QED) is 0.904. The van der Waals surface area contributed by atoms with Crippen molar-refractivity contribution in [1.29, 1.82) is 0 Å². The van der Waals surface area contributed by atoms with E-state index in [0.29, 0.717) is 0 Å². The molecule has 1 aromatic rings. The summed E-state index contributed by atoms with van der Waals surface area (Å²) < 4.78 is 0. The lowest BCUT2D eigenvalue weighted by Crippen LogP contribution is -2.43. The van der Waals surface area contributed by atoms with Crippen LogP contribution in [0.3, 0.4) is 0 Å². The first-order chi connectivity index (χ1) is 10.2. The molecule has 0 spiro atoms. The van der Waals surface area contributed by atoms with Gasteiger partial charge in [0.2, 0.25) is 0 Å². The van der Waals surface area contributed by atoms with Gasteiger partial charge in [-0.15, -0.1) is 11.3 Å². The zero-order chi connectivity index (χ0) is 14.3. The van der Waals surface area contributed by atoms with Crippen molar-refractivity contribution in [2.24, 2.45) is 5.92 Å². The van der Waals surface area contributed by atoms with Gasteiger partial charge in [0.05, 0.1) is 12.2 Å². The van der Waals surface area contributed by atoms with Gasteiger partial charge in [0.1, 0.15) is 10.6 Å². The van der Waals surface area contributed by atoms with Crippen molar-refractivity contribution in [2.75, 3.05) is 32.7 Å². The molecule has 116 valence electrons. The Morgan fingerprint density at radius 3 is 2.57 bits per heavy atom. The lowest BCUT2D eigenvalue weighted by Gasteiger charge is -2.37. The number of thiazole rings is 1. The van der Waals surface area contributed by atoms with Crippen molar-refractivity contribution in [3.05, 3.63) is 16.1 Å². The summed E-state index contributed by atoms with van der Waals surface area (Å²) in [6.07, 6.45) is 5.82. The van der Waals surface area contributed by atoms with E-state index in [2.05, 4.69) is 15.2 Å². The molecule has 0 unspecified atom stereocenters. The first-order valence-electron chi connectivity index (χ1n) is 8.33. The molecule has 0 atom stereocenters. The van der Waals surface area contributed by atoms with Crippen molar-refractivity contribution < 1.29 is 5.11 Å². The Hall–Kier alpha value is -0.490. The molecule has 2 saturated heterocycles. The number of rotatable bonds is 5. The zero-order valence-corrected chi connectivity index (χ0v) is 13.4. The molecule has 3 aliphatic rings. The minimum Gasteiger partial charge on any atom is -0.383 e. The number of aromatic nitrogens is 1. The summed E-state index contributed by atoms with van der Waals surface area (Å²) in [6.45, 7) is 6.66. The number of hydrogen-bond donors (Lipinski definition) is 1. The van der Waals surface area contributed by atoms with Gasteiger partial charge >= 0.3 is 0 Å². The lowest BCUT2D eigenvalue weighted by atomic mass is 9.88. The highest BCUT2D eigenvalue weighted by molar-refractivity contribution is 7.09. The van der Waals surface area contributed by atoms with Crippen LogP contribution in [-0.2, 0) is 12.1 Å². The monoisotopic (exact) mass is 307 g/mol. The standard InChI is InChI=1S/C16H25N3OS/c20-16(4-8-19(9-5-16)10-13-2-3-13)14-12-21-15(17-14)11-18-6-1-7-18/h12-13,20H,1-11H2. The van der Waals surface area contributed by atoms with Crippen molar-refractivity contribution in [1.82, 2.24) is 14.8 Å². The van der Waals surface area contributed by atoms with Gasteiger partial charge in [0, 0.05) is 25.0 Å². The van der Waals surface area contributed by atoms with E-state index in [-0.39, 0.29) is 0 Å². The highest BCUT2D eigenvalue weighted by Crippen LogP contribution is 2.36. The van der Waals surface area contributed by atoms with Crippen LogP contribution in [0.25, 0.3) is 0 Å². The zero-order valence-electron chi connectivity index (χ0n) is 12.6. The molecule has 3 fully saturated rings. The van der Waals surface area contributed by atoms with Crippen molar-refractivity contribution in [3.8, 4) is 0 Å². The third kappa shape index (κ3) is 3.16. The number of aliphatic hydroxyl groups is 1. The number of hydrogen-bond acceptors (Lipinski definition) is 5. The van der Waals surface area contributed by atoms with Gasteiger partial charge in [-0.25, -0.2) is 4.98 Å². The Morgan fingerprint density at radius 2 is 1.95 bits per heavy atom. The second-order valence-corrected chi connectivity index (χ2v) is 7.97. The van der Waals surface area contributed by atoms with Crippen LogP contribution in [0.2, 0.25) is 0 Å². The van der Waals surface area contributed by atoms with E-state index in [1.165, 1.54) is 43.9 Å². The SMILES string of the molecule is OC1(c2csc(CN3CCC3)n2)CCN(CC2CC2)CC1. The Balaban J connectivity index is 1.35. The molecule has 1 aromatic heterocycles. The number of nitrogens with zero attached hydrogens (tertiary/aromatic N) is 3. The van der Waals surface area contributed by atoms with E-state index >= 15 is 0 Å². The normalized spacial score (nSPS) is 26.7. The molecule has 0 bridgehead atoms. The molecule has 1 saturated carbocycles. The predicted molar refractivity (Wildman–Crippen MR) is 84.3 cm³/mol. The molecule has 1 N–H and O–H groups in total. The third-order valence-electron chi connectivity index (χ3n) is 5.23. The molecule has 5 heteroatoms. The maximum atomic E-state index is 10.9. The summed E-state index contributed by atoms with van der Waals surface area (Å²) in [5, 5.41) is 14.2. The third-order valence-corrected chi connectivity index (χ3v) is 6.07. The van der Waals surface area contributed by atoms with Crippen LogP contribution < -0.4 is 0 Å². The number of piperidine rings is 1. The molecular weight excluding hydrogens is 282 g/mol. The van der Waals surface area contributed by atoms with Crippen molar-refractivity contribution in [2.45, 2.75) is 44.2 Å². The molecule has 1 aliphatic carbocycles. The van der Waals surface area contributed by atoms with Gasteiger partial charge in [-0.2, -0.15) is 0 Å². The largest absolute Gasteiger partial charge is 0.383 e. The topological polar surface area (TPSA) is 39.6 Å². The Morgan fingerprint density at radius 1 is 1.19 bits per heavy atom. The van der Waals surface area contributed by atoms with E-state index in [1.54, 1.807) is 11.3 Å². The molecule has 0 amide bonds. The van der Waals surface area contributed by atoms with Gasteiger partial charge in [0.15, 0.2) is 0 Å². The molecule has 4 nitrogen and oxygen atoms in total. The minimum atomic E-state index is -0.677. The van der Waals surface area contributed by atoms with Crippen molar-refractivity contribution in [3.63, 3.8) is 0 Å². The fourth-order valence-electron chi connectivity index (χ4n) is 3.36. The van der Waals surface area contributed by atoms with Gasteiger partial charge in [-0.05, 0) is 51.1 Å².